The number of hydrogen-bond donors (Lipinski definition) is 0. The van der Waals surface area contributed by atoms with E-state index in [4.69, 9.17) is 39.5 Å². The first-order valence-corrected chi connectivity index (χ1v) is 10.3. The van der Waals surface area contributed by atoms with Crippen LogP contribution < -0.4 is 4.90 Å². The van der Waals surface area contributed by atoms with Crippen LogP contribution in [-0.4, -0.2) is 18.5 Å². The smallest absolute Gasteiger partial charge is 0.338 e. The van der Waals surface area contributed by atoms with Crippen molar-refractivity contribution in [2.75, 3.05) is 11.5 Å². The van der Waals surface area contributed by atoms with E-state index < -0.39 is 5.97 Å². The Morgan fingerprint density at radius 2 is 1.50 bits per heavy atom. The lowest BCUT2D eigenvalue weighted by atomic mass is 10.1. The van der Waals surface area contributed by atoms with Crippen molar-refractivity contribution >= 4 is 52.4 Å². The number of anilines is 1. The van der Waals surface area contributed by atoms with Crippen molar-refractivity contribution in [2.45, 2.75) is 13.5 Å². The number of hydrogen-bond acceptors (Lipinski definition) is 3. The molecule has 0 saturated heterocycles. The fraction of sp³-hybridized carbons (Fsp3) is 0.130. The fourth-order valence-electron chi connectivity index (χ4n) is 2.89. The minimum Gasteiger partial charge on any atom is -0.462 e. The van der Waals surface area contributed by atoms with E-state index in [1.807, 2.05) is 0 Å². The summed E-state index contributed by atoms with van der Waals surface area (Å²) in [5.41, 5.74) is 2.00. The molecular weight excluding hydrogens is 445 g/mol. The van der Waals surface area contributed by atoms with Crippen molar-refractivity contribution in [3.63, 3.8) is 0 Å². The van der Waals surface area contributed by atoms with Gasteiger partial charge < -0.3 is 9.64 Å². The second-order valence-electron chi connectivity index (χ2n) is 6.37. The van der Waals surface area contributed by atoms with E-state index in [0.717, 1.165) is 0 Å². The molecule has 3 aromatic carbocycles. The lowest BCUT2D eigenvalue weighted by Gasteiger charge is -2.24. The highest BCUT2D eigenvalue weighted by Gasteiger charge is 2.21. The van der Waals surface area contributed by atoms with Crippen LogP contribution in [0.5, 0.6) is 0 Å². The van der Waals surface area contributed by atoms with E-state index in [1.165, 1.54) is 4.90 Å². The molecule has 0 spiro atoms. The Labute approximate surface area is 189 Å². The van der Waals surface area contributed by atoms with Gasteiger partial charge in [-0.1, -0.05) is 46.9 Å². The topological polar surface area (TPSA) is 46.6 Å². The predicted molar refractivity (Wildman–Crippen MR) is 121 cm³/mol. The highest BCUT2D eigenvalue weighted by atomic mass is 35.5. The summed E-state index contributed by atoms with van der Waals surface area (Å²) in [6.45, 7) is 2.17. The zero-order valence-electron chi connectivity index (χ0n) is 16.1. The number of rotatable bonds is 6. The van der Waals surface area contributed by atoms with Crippen LogP contribution in [0, 0.1) is 0 Å². The second kappa shape index (κ2) is 9.98. The Hall–Kier alpha value is -2.53. The molecule has 0 aliphatic rings. The van der Waals surface area contributed by atoms with Gasteiger partial charge in [0.1, 0.15) is 0 Å². The average molecular weight is 463 g/mol. The van der Waals surface area contributed by atoms with Gasteiger partial charge >= 0.3 is 5.97 Å². The van der Waals surface area contributed by atoms with Crippen LogP contribution in [0.25, 0.3) is 0 Å². The lowest BCUT2D eigenvalue weighted by Crippen LogP contribution is -2.30. The first-order valence-electron chi connectivity index (χ1n) is 9.18. The molecule has 154 valence electrons. The molecule has 0 aliphatic heterocycles. The van der Waals surface area contributed by atoms with Crippen molar-refractivity contribution < 1.29 is 14.3 Å². The van der Waals surface area contributed by atoms with E-state index in [2.05, 4.69) is 0 Å². The van der Waals surface area contributed by atoms with Crippen molar-refractivity contribution in [2.24, 2.45) is 0 Å². The number of esters is 1. The van der Waals surface area contributed by atoms with Gasteiger partial charge in [-0.3, -0.25) is 4.79 Å². The van der Waals surface area contributed by atoms with Gasteiger partial charge in [0.15, 0.2) is 0 Å². The Morgan fingerprint density at radius 1 is 0.867 bits per heavy atom. The molecule has 0 atom stereocenters. The summed E-state index contributed by atoms with van der Waals surface area (Å²) in [5, 5.41) is 1.36. The molecule has 0 unspecified atom stereocenters. The van der Waals surface area contributed by atoms with Crippen LogP contribution in [-0.2, 0) is 11.3 Å². The third kappa shape index (κ3) is 5.14. The number of benzene rings is 3. The van der Waals surface area contributed by atoms with Crippen molar-refractivity contribution in [3.8, 4) is 0 Å². The lowest BCUT2D eigenvalue weighted by molar-refractivity contribution is 0.0526. The average Bonchev–Trinajstić information content (AvgIpc) is 2.73. The van der Waals surface area contributed by atoms with Crippen LogP contribution in [0.1, 0.15) is 33.2 Å². The summed E-state index contributed by atoms with van der Waals surface area (Å²) in [7, 11) is 0. The zero-order valence-corrected chi connectivity index (χ0v) is 18.3. The third-order valence-electron chi connectivity index (χ3n) is 4.38. The molecule has 1 amide bonds. The Bertz CT molecular complexity index is 1050. The number of nitrogens with zero attached hydrogens (tertiary/aromatic N) is 1. The highest BCUT2D eigenvalue weighted by molar-refractivity contribution is 6.36. The SMILES string of the molecule is CCOC(=O)c1ccc(N(Cc2c(Cl)cccc2Cl)C(=O)c2cccc(Cl)c2)cc1. The molecule has 0 saturated carbocycles. The standard InChI is InChI=1S/C23H18Cl3NO3/c1-2-30-23(29)15-9-11-18(12-10-15)27(14-19-20(25)7-4-8-21(19)26)22(28)16-5-3-6-17(24)13-16/h3-13H,2,14H2,1H3. The first-order chi connectivity index (χ1) is 14.4. The van der Waals surface area contributed by atoms with Gasteiger partial charge in [-0.25, -0.2) is 4.79 Å². The molecule has 30 heavy (non-hydrogen) atoms. The molecule has 3 rings (SSSR count). The van der Waals surface area contributed by atoms with Crippen LogP contribution in [0.3, 0.4) is 0 Å². The van der Waals surface area contributed by atoms with Crippen molar-refractivity contribution in [1.29, 1.82) is 0 Å². The molecule has 0 aromatic heterocycles. The number of carbonyl (C=O) groups excluding carboxylic acids is 2. The number of halogens is 3. The van der Waals surface area contributed by atoms with Gasteiger partial charge in [0, 0.05) is 31.9 Å². The van der Waals surface area contributed by atoms with Gasteiger partial charge in [-0.15, -0.1) is 0 Å². The molecule has 0 radical (unpaired) electrons. The minimum absolute atomic E-state index is 0.141. The summed E-state index contributed by atoms with van der Waals surface area (Å²) in [4.78, 5) is 26.8. The summed E-state index contributed by atoms with van der Waals surface area (Å²) in [5.74, 6) is -0.705. The van der Waals surface area contributed by atoms with Gasteiger partial charge in [-0.2, -0.15) is 0 Å². The van der Waals surface area contributed by atoms with E-state index in [0.29, 0.717) is 37.4 Å². The molecule has 0 aliphatic carbocycles. The third-order valence-corrected chi connectivity index (χ3v) is 5.33. The zero-order chi connectivity index (χ0) is 21.7. The normalized spacial score (nSPS) is 10.5. The first kappa shape index (κ1) is 22.2. The van der Waals surface area contributed by atoms with Gasteiger partial charge in [0.2, 0.25) is 0 Å². The quantitative estimate of drug-likeness (QED) is 0.384. The molecule has 0 heterocycles. The Balaban J connectivity index is 2.01. The molecule has 3 aromatic rings. The minimum atomic E-state index is -0.425. The van der Waals surface area contributed by atoms with E-state index >= 15 is 0 Å². The maximum Gasteiger partial charge on any atom is 0.338 e. The predicted octanol–water partition coefficient (Wildman–Crippen LogP) is 6.67. The van der Waals surface area contributed by atoms with Gasteiger partial charge in [-0.05, 0) is 61.5 Å². The molecule has 7 heteroatoms. The summed E-state index contributed by atoms with van der Waals surface area (Å²) >= 11 is 18.7. The van der Waals surface area contributed by atoms with Crippen molar-refractivity contribution in [1.82, 2.24) is 0 Å². The summed E-state index contributed by atoms with van der Waals surface area (Å²) in [6, 6.07) is 18.4. The molecular formula is C23H18Cl3NO3. The summed E-state index contributed by atoms with van der Waals surface area (Å²) in [6.07, 6.45) is 0. The molecule has 0 fully saturated rings. The number of ether oxygens (including phenoxy) is 1. The van der Waals surface area contributed by atoms with Crippen molar-refractivity contribution in [3.05, 3.63) is 98.5 Å². The summed E-state index contributed by atoms with van der Waals surface area (Å²) < 4.78 is 5.02. The van der Waals surface area contributed by atoms with E-state index in [9.17, 15) is 9.59 Å². The van der Waals surface area contributed by atoms with E-state index in [1.54, 1.807) is 73.7 Å². The maximum atomic E-state index is 13.3. The maximum absolute atomic E-state index is 13.3. The highest BCUT2D eigenvalue weighted by Crippen LogP contribution is 2.29. The molecule has 0 bridgehead atoms. The van der Waals surface area contributed by atoms with Crippen LogP contribution in [0.4, 0.5) is 5.69 Å². The van der Waals surface area contributed by atoms with Gasteiger partial charge in [0.25, 0.3) is 5.91 Å². The number of amides is 1. The monoisotopic (exact) mass is 461 g/mol. The molecule has 4 nitrogen and oxygen atoms in total. The Kier molecular flexibility index (Phi) is 7.38. The second-order valence-corrected chi connectivity index (χ2v) is 7.62. The van der Waals surface area contributed by atoms with E-state index in [-0.39, 0.29) is 19.1 Å². The molecule has 0 N–H and O–H groups in total. The largest absolute Gasteiger partial charge is 0.462 e. The van der Waals surface area contributed by atoms with Crippen LogP contribution >= 0.6 is 34.8 Å². The van der Waals surface area contributed by atoms with Crippen LogP contribution in [0.2, 0.25) is 15.1 Å². The van der Waals surface area contributed by atoms with Gasteiger partial charge in [0.05, 0.1) is 18.7 Å². The van der Waals surface area contributed by atoms with Crippen LogP contribution in [0.15, 0.2) is 66.7 Å². The Morgan fingerprint density at radius 3 is 2.10 bits per heavy atom. The fourth-order valence-corrected chi connectivity index (χ4v) is 3.60. The number of carbonyl (C=O) groups is 2.